The van der Waals surface area contributed by atoms with Gasteiger partial charge >= 0.3 is 0 Å². The molecule has 0 atom stereocenters. The van der Waals surface area contributed by atoms with Crippen LogP contribution < -0.4 is 10.1 Å². The van der Waals surface area contributed by atoms with Gasteiger partial charge in [0.15, 0.2) is 0 Å². The number of carbonyl (C=O) groups excluding carboxylic acids is 1. The maximum atomic E-state index is 12.7. The van der Waals surface area contributed by atoms with Crippen molar-refractivity contribution in [2.45, 2.75) is 5.54 Å². The van der Waals surface area contributed by atoms with Crippen molar-refractivity contribution in [2.24, 2.45) is 0 Å². The number of amides is 1. The third kappa shape index (κ3) is 2.43. The van der Waals surface area contributed by atoms with E-state index in [2.05, 4.69) is 10.3 Å². The van der Waals surface area contributed by atoms with E-state index in [9.17, 15) is 4.79 Å². The van der Waals surface area contributed by atoms with Gasteiger partial charge in [-0.15, -0.1) is 0 Å². The van der Waals surface area contributed by atoms with E-state index in [-0.39, 0.29) is 5.91 Å². The van der Waals surface area contributed by atoms with Gasteiger partial charge in [-0.25, -0.2) is 0 Å². The Balaban J connectivity index is 1.62. The van der Waals surface area contributed by atoms with E-state index >= 15 is 0 Å². The fourth-order valence-corrected chi connectivity index (χ4v) is 3.01. The molecule has 5 heteroatoms. The molecule has 0 bridgehead atoms. The lowest BCUT2D eigenvalue weighted by molar-refractivity contribution is -0.0734. The summed E-state index contributed by atoms with van der Waals surface area (Å²) < 4.78 is 10.6. The molecular weight excluding hydrogens is 304 g/mol. The SMILES string of the molecule is COc1ccc2cc(C(=O)NC3(c4ccccc4)COC3)[nH]c2c1. The van der Waals surface area contributed by atoms with Gasteiger partial charge in [-0.05, 0) is 23.8 Å². The van der Waals surface area contributed by atoms with Crippen molar-refractivity contribution in [1.29, 1.82) is 0 Å². The predicted octanol–water partition coefficient (Wildman–Crippen LogP) is 2.83. The minimum absolute atomic E-state index is 0.141. The average Bonchev–Trinajstić information content (AvgIpc) is 3.02. The molecule has 2 heterocycles. The van der Waals surface area contributed by atoms with E-state index < -0.39 is 5.54 Å². The smallest absolute Gasteiger partial charge is 0.268 e. The van der Waals surface area contributed by atoms with Crippen LogP contribution in [0, 0.1) is 0 Å². The van der Waals surface area contributed by atoms with Crippen LogP contribution in [-0.2, 0) is 10.3 Å². The highest BCUT2D eigenvalue weighted by Gasteiger charge is 2.42. The van der Waals surface area contributed by atoms with Crippen molar-refractivity contribution in [2.75, 3.05) is 20.3 Å². The number of carbonyl (C=O) groups is 1. The van der Waals surface area contributed by atoms with Crippen molar-refractivity contribution in [3.63, 3.8) is 0 Å². The molecule has 5 nitrogen and oxygen atoms in total. The highest BCUT2D eigenvalue weighted by molar-refractivity contribution is 5.98. The number of fused-ring (bicyclic) bond motifs is 1. The molecule has 0 saturated carbocycles. The summed E-state index contributed by atoms with van der Waals surface area (Å²) in [4.78, 5) is 15.9. The zero-order chi connectivity index (χ0) is 16.6. The van der Waals surface area contributed by atoms with Gasteiger partial charge in [0.1, 0.15) is 17.0 Å². The summed E-state index contributed by atoms with van der Waals surface area (Å²) in [7, 11) is 1.62. The number of aromatic nitrogens is 1. The van der Waals surface area contributed by atoms with E-state index in [1.165, 1.54) is 0 Å². The lowest BCUT2D eigenvalue weighted by Crippen LogP contribution is -2.59. The molecule has 122 valence electrons. The fourth-order valence-electron chi connectivity index (χ4n) is 3.01. The monoisotopic (exact) mass is 322 g/mol. The molecule has 1 saturated heterocycles. The van der Waals surface area contributed by atoms with Crippen molar-refractivity contribution in [1.82, 2.24) is 10.3 Å². The van der Waals surface area contributed by atoms with Crippen LogP contribution in [0.4, 0.5) is 0 Å². The van der Waals surface area contributed by atoms with Crippen molar-refractivity contribution in [3.8, 4) is 5.75 Å². The molecular formula is C19H18N2O3. The van der Waals surface area contributed by atoms with Gasteiger partial charge in [0.05, 0.1) is 20.3 Å². The number of rotatable bonds is 4. The first kappa shape index (κ1) is 14.8. The van der Waals surface area contributed by atoms with Crippen LogP contribution in [0.2, 0.25) is 0 Å². The minimum atomic E-state index is -0.451. The topological polar surface area (TPSA) is 63.4 Å². The van der Waals surface area contributed by atoms with Crippen LogP contribution in [0.15, 0.2) is 54.6 Å². The van der Waals surface area contributed by atoms with Crippen LogP contribution in [0.5, 0.6) is 5.75 Å². The maximum absolute atomic E-state index is 12.7. The third-order valence-electron chi connectivity index (χ3n) is 4.45. The van der Waals surface area contributed by atoms with Crippen LogP contribution in [0.1, 0.15) is 16.1 Å². The largest absolute Gasteiger partial charge is 0.497 e. The van der Waals surface area contributed by atoms with E-state index in [0.29, 0.717) is 18.9 Å². The highest BCUT2D eigenvalue weighted by atomic mass is 16.5. The Bertz CT molecular complexity index is 882. The van der Waals surface area contributed by atoms with Gasteiger partial charge in [-0.1, -0.05) is 30.3 Å². The average molecular weight is 322 g/mol. The maximum Gasteiger partial charge on any atom is 0.268 e. The summed E-state index contributed by atoms with van der Waals surface area (Å²) in [6.45, 7) is 0.966. The van der Waals surface area contributed by atoms with Crippen LogP contribution in [0.25, 0.3) is 10.9 Å². The zero-order valence-corrected chi connectivity index (χ0v) is 13.3. The number of methoxy groups -OCH3 is 1. The van der Waals surface area contributed by atoms with E-state index in [0.717, 1.165) is 22.2 Å². The Morgan fingerprint density at radius 1 is 1.17 bits per heavy atom. The second-order valence-electron chi connectivity index (χ2n) is 6.03. The lowest BCUT2D eigenvalue weighted by atomic mass is 9.88. The molecule has 3 aromatic rings. The summed E-state index contributed by atoms with van der Waals surface area (Å²) in [5.74, 6) is 0.613. The van der Waals surface area contributed by atoms with Gasteiger partial charge in [-0.2, -0.15) is 0 Å². The molecule has 0 spiro atoms. The molecule has 0 radical (unpaired) electrons. The van der Waals surface area contributed by atoms with Crippen LogP contribution in [-0.4, -0.2) is 31.2 Å². The minimum Gasteiger partial charge on any atom is -0.497 e. The normalized spacial score (nSPS) is 15.7. The molecule has 1 fully saturated rings. The molecule has 1 aliphatic rings. The number of aromatic amines is 1. The molecule has 1 aliphatic heterocycles. The third-order valence-corrected chi connectivity index (χ3v) is 4.45. The molecule has 1 aromatic heterocycles. The first-order valence-electron chi connectivity index (χ1n) is 7.83. The van der Waals surface area contributed by atoms with Crippen LogP contribution in [0.3, 0.4) is 0 Å². The Labute approximate surface area is 139 Å². The summed E-state index contributed by atoms with van der Waals surface area (Å²) in [5, 5.41) is 4.10. The van der Waals surface area contributed by atoms with Crippen molar-refractivity contribution < 1.29 is 14.3 Å². The predicted molar refractivity (Wildman–Crippen MR) is 91.3 cm³/mol. The number of hydrogen-bond acceptors (Lipinski definition) is 3. The van der Waals surface area contributed by atoms with Gasteiger partial charge in [-0.3, -0.25) is 4.79 Å². The first-order chi connectivity index (χ1) is 11.7. The number of H-pyrrole nitrogens is 1. The first-order valence-corrected chi connectivity index (χ1v) is 7.83. The van der Waals surface area contributed by atoms with Gasteiger partial charge in [0, 0.05) is 17.0 Å². The highest BCUT2D eigenvalue weighted by Crippen LogP contribution is 2.30. The molecule has 1 amide bonds. The van der Waals surface area contributed by atoms with E-state index in [4.69, 9.17) is 9.47 Å². The number of ether oxygens (including phenoxy) is 2. The molecule has 2 aromatic carbocycles. The number of hydrogen-bond donors (Lipinski definition) is 2. The van der Waals surface area contributed by atoms with Crippen molar-refractivity contribution >= 4 is 16.8 Å². The van der Waals surface area contributed by atoms with Gasteiger partial charge in [0.25, 0.3) is 5.91 Å². The Morgan fingerprint density at radius 2 is 1.96 bits per heavy atom. The summed E-state index contributed by atoms with van der Waals surface area (Å²) in [6, 6.07) is 17.5. The van der Waals surface area contributed by atoms with Gasteiger partial charge in [0.2, 0.25) is 0 Å². The quantitative estimate of drug-likeness (QED) is 0.776. The molecule has 4 rings (SSSR count). The number of benzene rings is 2. The van der Waals surface area contributed by atoms with E-state index in [1.54, 1.807) is 7.11 Å². The summed E-state index contributed by atoms with van der Waals surface area (Å²) >= 11 is 0. The number of nitrogens with one attached hydrogen (secondary N) is 2. The molecule has 0 aliphatic carbocycles. The molecule has 0 unspecified atom stereocenters. The fraction of sp³-hybridized carbons (Fsp3) is 0.211. The molecule has 24 heavy (non-hydrogen) atoms. The molecule has 2 N–H and O–H groups in total. The Kier molecular flexibility index (Phi) is 3.50. The van der Waals surface area contributed by atoms with E-state index in [1.807, 2.05) is 54.6 Å². The second-order valence-corrected chi connectivity index (χ2v) is 6.03. The van der Waals surface area contributed by atoms with Crippen molar-refractivity contribution in [3.05, 3.63) is 65.9 Å². The van der Waals surface area contributed by atoms with Gasteiger partial charge < -0.3 is 19.8 Å². The Hall–Kier alpha value is -2.79. The summed E-state index contributed by atoms with van der Waals surface area (Å²) in [6.07, 6.45) is 0. The Morgan fingerprint density at radius 3 is 2.62 bits per heavy atom. The van der Waals surface area contributed by atoms with Crippen LogP contribution >= 0.6 is 0 Å². The standard InChI is InChI=1S/C19H18N2O3/c1-23-15-8-7-13-9-17(20-16(13)10-15)18(22)21-19(11-24-12-19)14-5-3-2-4-6-14/h2-10,20H,11-12H2,1H3,(H,21,22). The lowest BCUT2D eigenvalue weighted by Gasteiger charge is -2.42. The zero-order valence-electron chi connectivity index (χ0n) is 13.3. The summed E-state index contributed by atoms with van der Waals surface area (Å²) in [5.41, 5.74) is 2.01. The second kappa shape index (κ2) is 5.69.